The summed E-state index contributed by atoms with van der Waals surface area (Å²) in [5.41, 5.74) is 11.1. The number of hydrogen-bond acceptors (Lipinski definition) is 3. The summed E-state index contributed by atoms with van der Waals surface area (Å²) in [6.07, 6.45) is 1.56. The molecule has 5 N–H and O–H groups in total. The highest BCUT2D eigenvalue weighted by Crippen LogP contribution is 2.04. The molecule has 7 heteroatoms. The van der Waals surface area contributed by atoms with Gasteiger partial charge in [0.25, 0.3) is 0 Å². The van der Waals surface area contributed by atoms with Crippen LogP contribution < -0.4 is 11.5 Å². The van der Waals surface area contributed by atoms with Gasteiger partial charge in [-0.05, 0) is 19.1 Å². The van der Waals surface area contributed by atoms with Crippen molar-refractivity contribution in [2.45, 2.75) is 13.5 Å². The van der Waals surface area contributed by atoms with Crippen molar-refractivity contribution in [3.63, 3.8) is 0 Å². The highest BCUT2D eigenvalue weighted by atomic mass is 35.5. The average Bonchev–Trinajstić information content (AvgIpc) is 2.66. The standard InChI is InChI=1S/C9H15N5O.ClH/c1-2-13-9(12)14(8(10)11)6-7-4-3-5-15-7;/h3-5H,2,6H2,1H3,(H3,10,11)(H2,12,13);1H. The maximum Gasteiger partial charge on any atom is 0.198 e. The largest absolute Gasteiger partial charge is 0.467 e. The first kappa shape index (κ1) is 14.3. The molecular formula is C9H16ClN5O. The van der Waals surface area contributed by atoms with Gasteiger partial charge in [-0.15, -0.1) is 12.4 Å². The fourth-order valence-corrected chi connectivity index (χ4v) is 1.10. The first-order valence-corrected chi connectivity index (χ1v) is 4.59. The first-order valence-electron chi connectivity index (χ1n) is 4.59. The lowest BCUT2D eigenvalue weighted by atomic mass is 10.4. The van der Waals surface area contributed by atoms with Gasteiger partial charge in [0.05, 0.1) is 12.8 Å². The Balaban J connectivity index is 0.00000225. The number of rotatable bonds is 3. The molecule has 0 amide bonds. The van der Waals surface area contributed by atoms with E-state index in [9.17, 15) is 0 Å². The Hall–Kier alpha value is -1.69. The predicted octanol–water partition coefficient (Wildman–Crippen LogP) is 0.731. The van der Waals surface area contributed by atoms with Crippen LogP contribution in [0.4, 0.5) is 0 Å². The number of nitrogens with one attached hydrogen (secondary N) is 1. The van der Waals surface area contributed by atoms with Crippen LogP contribution in [0.15, 0.2) is 27.8 Å². The number of nitrogens with zero attached hydrogens (tertiary/aromatic N) is 2. The summed E-state index contributed by atoms with van der Waals surface area (Å²) in [5, 5.41) is 7.36. The molecular weight excluding hydrogens is 230 g/mol. The van der Waals surface area contributed by atoms with E-state index in [0.29, 0.717) is 18.8 Å². The van der Waals surface area contributed by atoms with Crippen molar-refractivity contribution in [3.05, 3.63) is 24.2 Å². The van der Waals surface area contributed by atoms with Gasteiger partial charge >= 0.3 is 0 Å². The van der Waals surface area contributed by atoms with Crippen molar-refractivity contribution in [2.24, 2.45) is 16.5 Å². The number of furan rings is 1. The molecule has 0 unspecified atom stereocenters. The molecule has 0 aromatic carbocycles. The van der Waals surface area contributed by atoms with Crippen LogP contribution in [0.2, 0.25) is 0 Å². The Labute approximate surface area is 100 Å². The molecule has 0 atom stereocenters. The molecule has 90 valence electrons. The molecule has 0 radical (unpaired) electrons. The highest BCUT2D eigenvalue weighted by Gasteiger charge is 2.12. The van der Waals surface area contributed by atoms with Gasteiger partial charge in [-0.2, -0.15) is 0 Å². The predicted molar refractivity (Wildman–Crippen MR) is 65.6 cm³/mol. The Morgan fingerprint density at radius 2 is 2.25 bits per heavy atom. The van der Waals surface area contributed by atoms with E-state index >= 15 is 0 Å². The second-order valence-electron chi connectivity index (χ2n) is 2.88. The monoisotopic (exact) mass is 245 g/mol. The van der Waals surface area contributed by atoms with E-state index in [0.717, 1.165) is 0 Å². The number of nitrogens with two attached hydrogens (primary N) is 2. The molecule has 1 heterocycles. The summed E-state index contributed by atoms with van der Waals surface area (Å²) in [6.45, 7) is 2.73. The van der Waals surface area contributed by atoms with Gasteiger partial charge in [0.2, 0.25) is 0 Å². The van der Waals surface area contributed by atoms with Gasteiger partial charge in [-0.25, -0.2) is 0 Å². The van der Waals surface area contributed by atoms with E-state index in [1.807, 2.05) is 6.92 Å². The van der Waals surface area contributed by atoms with Gasteiger partial charge in [0, 0.05) is 6.54 Å². The minimum atomic E-state index is -0.152. The Morgan fingerprint density at radius 1 is 1.56 bits per heavy atom. The molecule has 0 aliphatic carbocycles. The highest BCUT2D eigenvalue weighted by molar-refractivity contribution is 5.95. The molecule has 0 spiro atoms. The number of guanidine groups is 2. The topological polar surface area (TPSA) is 105 Å². The molecule has 0 saturated heterocycles. The molecule has 6 nitrogen and oxygen atoms in total. The van der Waals surface area contributed by atoms with Crippen LogP contribution in [0, 0.1) is 5.41 Å². The summed E-state index contributed by atoms with van der Waals surface area (Å²) >= 11 is 0. The summed E-state index contributed by atoms with van der Waals surface area (Å²) in [6, 6.07) is 3.55. The zero-order valence-corrected chi connectivity index (χ0v) is 9.83. The van der Waals surface area contributed by atoms with E-state index in [1.165, 1.54) is 4.90 Å². The van der Waals surface area contributed by atoms with E-state index in [2.05, 4.69) is 4.99 Å². The van der Waals surface area contributed by atoms with Crippen LogP contribution in [0.1, 0.15) is 12.7 Å². The van der Waals surface area contributed by atoms with Crippen molar-refractivity contribution < 1.29 is 4.42 Å². The zero-order chi connectivity index (χ0) is 11.3. The van der Waals surface area contributed by atoms with Crippen LogP contribution in [0.5, 0.6) is 0 Å². The maximum absolute atomic E-state index is 7.36. The van der Waals surface area contributed by atoms with Gasteiger partial charge in [0.1, 0.15) is 5.76 Å². The molecule has 0 fully saturated rings. The molecule has 1 aromatic heterocycles. The summed E-state index contributed by atoms with van der Waals surface area (Å²) in [4.78, 5) is 5.36. The summed E-state index contributed by atoms with van der Waals surface area (Å²) in [7, 11) is 0. The van der Waals surface area contributed by atoms with Crippen LogP contribution in [-0.4, -0.2) is 23.4 Å². The quantitative estimate of drug-likeness (QED) is 0.539. The van der Waals surface area contributed by atoms with Crippen LogP contribution in [0.25, 0.3) is 0 Å². The molecule has 0 aliphatic heterocycles. The second kappa shape index (κ2) is 6.73. The maximum atomic E-state index is 7.36. The number of halogens is 1. The van der Waals surface area contributed by atoms with E-state index < -0.39 is 0 Å². The lowest BCUT2D eigenvalue weighted by molar-refractivity contribution is 0.446. The van der Waals surface area contributed by atoms with Crippen molar-refractivity contribution >= 4 is 24.3 Å². The molecule has 1 aromatic rings. The van der Waals surface area contributed by atoms with Crippen LogP contribution in [-0.2, 0) is 6.54 Å². The lowest BCUT2D eigenvalue weighted by Crippen LogP contribution is -2.45. The SMILES string of the molecule is CCN=C(N)N(Cc1ccco1)C(=N)N.Cl. The second-order valence-corrected chi connectivity index (χ2v) is 2.88. The third-order valence-corrected chi connectivity index (χ3v) is 1.78. The number of aliphatic imine (C=N–C) groups is 1. The normalized spacial score (nSPS) is 10.7. The van der Waals surface area contributed by atoms with Crippen molar-refractivity contribution in [1.29, 1.82) is 5.41 Å². The lowest BCUT2D eigenvalue weighted by Gasteiger charge is -2.19. The summed E-state index contributed by atoms with van der Waals surface area (Å²) in [5.74, 6) is 0.752. The third-order valence-electron chi connectivity index (χ3n) is 1.78. The zero-order valence-electron chi connectivity index (χ0n) is 9.01. The fourth-order valence-electron chi connectivity index (χ4n) is 1.10. The average molecular weight is 246 g/mol. The first-order chi connectivity index (χ1) is 7.15. The van der Waals surface area contributed by atoms with Gasteiger partial charge in [-0.3, -0.25) is 15.3 Å². The minimum Gasteiger partial charge on any atom is -0.467 e. The Bertz CT molecular complexity index is 349. The third kappa shape index (κ3) is 3.82. The van der Waals surface area contributed by atoms with E-state index in [-0.39, 0.29) is 24.3 Å². The van der Waals surface area contributed by atoms with Crippen LogP contribution in [0.3, 0.4) is 0 Å². The van der Waals surface area contributed by atoms with Crippen molar-refractivity contribution in [1.82, 2.24) is 4.90 Å². The number of hydrogen-bond donors (Lipinski definition) is 3. The smallest absolute Gasteiger partial charge is 0.198 e. The Morgan fingerprint density at radius 3 is 2.69 bits per heavy atom. The minimum absolute atomic E-state index is 0. The molecule has 16 heavy (non-hydrogen) atoms. The van der Waals surface area contributed by atoms with Crippen molar-refractivity contribution in [3.8, 4) is 0 Å². The summed E-state index contributed by atoms with van der Waals surface area (Å²) < 4.78 is 5.14. The van der Waals surface area contributed by atoms with Gasteiger partial charge in [0.15, 0.2) is 11.9 Å². The van der Waals surface area contributed by atoms with Gasteiger partial charge < -0.3 is 15.9 Å². The van der Waals surface area contributed by atoms with Crippen molar-refractivity contribution in [2.75, 3.05) is 6.54 Å². The van der Waals surface area contributed by atoms with E-state index in [4.69, 9.17) is 21.3 Å². The van der Waals surface area contributed by atoms with E-state index in [1.54, 1.807) is 18.4 Å². The molecule has 1 rings (SSSR count). The van der Waals surface area contributed by atoms with Crippen LogP contribution >= 0.6 is 12.4 Å². The Kier molecular flexibility index (Phi) is 6.02. The molecule has 0 aliphatic rings. The van der Waals surface area contributed by atoms with Gasteiger partial charge in [-0.1, -0.05) is 0 Å². The fraction of sp³-hybridized carbons (Fsp3) is 0.333. The molecule has 0 bridgehead atoms. The molecule has 0 saturated carbocycles.